The number of halogens is 1. The molecule has 1 amide bonds. The van der Waals surface area contributed by atoms with E-state index in [1.165, 1.54) is 23.1 Å². The van der Waals surface area contributed by atoms with Crippen molar-refractivity contribution in [3.8, 4) is 0 Å². The van der Waals surface area contributed by atoms with Crippen molar-refractivity contribution < 1.29 is 13.2 Å². The summed E-state index contributed by atoms with van der Waals surface area (Å²) >= 11 is 6.08. The molecule has 4 N–H and O–H groups in total. The largest absolute Gasteiger partial charge is 0.370 e. The molecule has 0 fully saturated rings. The van der Waals surface area contributed by atoms with Gasteiger partial charge in [0.1, 0.15) is 5.82 Å². The summed E-state index contributed by atoms with van der Waals surface area (Å²) in [7, 11) is -1.95. The molecule has 2 aromatic heterocycles. The lowest BCUT2D eigenvalue weighted by Crippen LogP contribution is -2.31. The summed E-state index contributed by atoms with van der Waals surface area (Å²) in [6, 6.07) is 5.82. The fraction of sp³-hybridized carbons (Fsp3) is 0.381. The number of nitrogens with two attached hydrogens (primary N) is 1. The fourth-order valence-corrected chi connectivity index (χ4v) is 4.02. The summed E-state index contributed by atoms with van der Waals surface area (Å²) < 4.78 is 27.5. The van der Waals surface area contributed by atoms with Gasteiger partial charge in [0.25, 0.3) is 5.91 Å². The molecule has 12 heteroatoms. The molecule has 0 saturated heterocycles. The Morgan fingerprint density at radius 2 is 2.06 bits per heavy atom. The first kappa shape index (κ1) is 24.7. The SMILES string of the molecule is Cc1cn2nc([C@H](C)N(C)C(=O)c3cc(Cl)ccc3NS(C)(=O)=O)cc2nc1NCCCN. The van der Waals surface area contributed by atoms with Gasteiger partial charge in [-0.1, -0.05) is 11.6 Å². The third-order valence-electron chi connectivity index (χ3n) is 5.16. The van der Waals surface area contributed by atoms with Gasteiger partial charge in [0.05, 0.1) is 29.2 Å². The highest BCUT2D eigenvalue weighted by Crippen LogP contribution is 2.27. The lowest BCUT2D eigenvalue weighted by Gasteiger charge is -2.24. The van der Waals surface area contributed by atoms with Gasteiger partial charge >= 0.3 is 0 Å². The molecule has 2 heterocycles. The predicted molar refractivity (Wildman–Crippen MR) is 130 cm³/mol. The van der Waals surface area contributed by atoms with Gasteiger partial charge in [-0.3, -0.25) is 9.52 Å². The Hall–Kier alpha value is -2.89. The molecule has 0 saturated carbocycles. The number of carbonyl (C=O) groups excluding carboxylic acids is 1. The van der Waals surface area contributed by atoms with E-state index in [4.69, 9.17) is 17.3 Å². The Morgan fingerprint density at radius 1 is 1.33 bits per heavy atom. The van der Waals surface area contributed by atoms with E-state index < -0.39 is 22.0 Å². The number of benzene rings is 1. The van der Waals surface area contributed by atoms with Crippen LogP contribution in [0.3, 0.4) is 0 Å². The zero-order chi connectivity index (χ0) is 24.3. The molecule has 33 heavy (non-hydrogen) atoms. The van der Waals surface area contributed by atoms with Gasteiger partial charge in [-0.15, -0.1) is 0 Å². The molecule has 0 aliphatic carbocycles. The van der Waals surface area contributed by atoms with E-state index in [9.17, 15) is 13.2 Å². The quantitative estimate of drug-likeness (QED) is 0.390. The number of aryl methyl sites for hydroxylation is 1. The summed E-state index contributed by atoms with van der Waals surface area (Å²) in [4.78, 5) is 19.4. The number of amides is 1. The number of hydrogen-bond donors (Lipinski definition) is 3. The Balaban J connectivity index is 1.88. The number of rotatable bonds is 9. The standard InChI is InChI=1S/C21H28ClN7O3S/c1-13-12-29-19(25-20(13)24-9-5-8-23)11-18(26-29)14(2)28(3)21(30)16-10-15(22)6-7-17(16)27-33(4,31)32/h6-7,10-12,14,27H,5,8-9,23H2,1-4H3,(H,24,25)/t14-/m0/s1. The van der Waals surface area contributed by atoms with Crippen molar-refractivity contribution in [2.45, 2.75) is 26.3 Å². The normalized spacial score (nSPS) is 12.5. The van der Waals surface area contributed by atoms with Crippen molar-refractivity contribution >= 4 is 44.7 Å². The molecule has 0 spiro atoms. The average Bonchev–Trinajstić information content (AvgIpc) is 3.15. The summed E-state index contributed by atoms with van der Waals surface area (Å²) in [5.41, 5.74) is 8.06. The highest BCUT2D eigenvalue weighted by atomic mass is 35.5. The number of nitrogens with zero attached hydrogens (tertiary/aromatic N) is 4. The van der Waals surface area contributed by atoms with Crippen molar-refractivity contribution in [2.75, 3.05) is 36.4 Å². The molecule has 1 atom stereocenters. The van der Waals surface area contributed by atoms with Crippen LogP contribution in [0.1, 0.15) is 41.0 Å². The van der Waals surface area contributed by atoms with Crippen molar-refractivity contribution in [3.63, 3.8) is 0 Å². The van der Waals surface area contributed by atoms with Crippen molar-refractivity contribution in [3.05, 3.63) is 52.3 Å². The van der Waals surface area contributed by atoms with Crippen LogP contribution in [0.4, 0.5) is 11.5 Å². The number of hydrogen-bond acceptors (Lipinski definition) is 7. The lowest BCUT2D eigenvalue weighted by molar-refractivity contribution is 0.0740. The van der Waals surface area contributed by atoms with Crippen LogP contribution in [-0.2, 0) is 10.0 Å². The molecule has 10 nitrogen and oxygen atoms in total. The number of nitrogens with one attached hydrogen (secondary N) is 2. The van der Waals surface area contributed by atoms with E-state index in [2.05, 4.69) is 20.1 Å². The number of aromatic nitrogens is 3. The first-order valence-corrected chi connectivity index (χ1v) is 12.6. The monoisotopic (exact) mass is 493 g/mol. The first-order chi connectivity index (χ1) is 15.5. The highest BCUT2D eigenvalue weighted by molar-refractivity contribution is 7.92. The van der Waals surface area contributed by atoms with Crippen molar-refractivity contribution in [2.24, 2.45) is 5.73 Å². The van der Waals surface area contributed by atoms with Gasteiger partial charge in [0.2, 0.25) is 10.0 Å². The van der Waals surface area contributed by atoms with Crippen LogP contribution in [0.2, 0.25) is 5.02 Å². The molecular weight excluding hydrogens is 466 g/mol. The Labute approximate surface area is 198 Å². The average molecular weight is 494 g/mol. The lowest BCUT2D eigenvalue weighted by atomic mass is 10.1. The highest BCUT2D eigenvalue weighted by Gasteiger charge is 2.25. The summed E-state index contributed by atoms with van der Waals surface area (Å²) in [6.45, 7) is 5.09. The van der Waals surface area contributed by atoms with Crippen LogP contribution in [0.15, 0.2) is 30.5 Å². The van der Waals surface area contributed by atoms with E-state index in [1.54, 1.807) is 11.6 Å². The second-order valence-electron chi connectivity index (χ2n) is 7.87. The molecule has 0 aliphatic heterocycles. The maximum atomic E-state index is 13.3. The Kier molecular flexibility index (Phi) is 7.45. The molecular formula is C21H28ClN7O3S. The summed E-state index contributed by atoms with van der Waals surface area (Å²) in [5, 5.41) is 8.17. The van der Waals surface area contributed by atoms with Gasteiger partial charge < -0.3 is 16.0 Å². The predicted octanol–water partition coefficient (Wildman–Crippen LogP) is 2.66. The third-order valence-corrected chi connectivity index (χ3v) is 5.99. The van der Waals surface area contributed by atoms with Crippen LogP contribution in [-0.4, -0.2) is 60.2 Å². The van der Waals surface area contributed by atoms with Crippen LogP contribution in [0, 0.1) is 6.92 Å². The van der Waals surface area contributed by atoms with Gasteiger partial charge in [-0.05, 0) is 45.0 Å². The van der Waals surface area contributed by atoms with E-state index in [-0.39, 0.29) is 11.3 Å². The zero-order valence-electron chi connectivity index (χ0n) is 19.0. The maximum Gasteiger partial charge on any atom is 0.256 e. The van der Waals surface area contributed by atoms with Crippen molar-refractivity contribution in [1.29, 1.82) is 0 Å². The number of carbonyl (C=O) groups is 1. The summed E-state index contributed by atoms with van der Waals surface area (Å²) in [5.74, 6) is 0.358. The number of anilines is 2. The van der Waals surface area contributed by atoms with Gasteiger partial charge in [0, 0.05) is 36.4 Å². The molecule has 1 aromatic carbocycles. The van der Waals surface area contributed by atoms with E-state index in [1.807, 2.05) is 26.1 Å². The second-order valence-corrected chi connectivity index (χ2v) is 10.1. The van der Waals surface area contributed by atoms with Crippen molar-refractivity contribution in [1.82, 2.24) is 19.5 Å². The fourth-order valence-electron chi connectivity index (χ4n) is 3.27. The smallest absolute Gasteiger partial charge is 0.256 e. The van der Waals surface area contributed by atoms with E-state index in [0.717, 1.165) is 30.6 Å². The molecule has 0 radical (unpaired) electrons. The summed E-state index contributed by atoms with van der Waals surface area (Å²) in [6.07, 6.45) is 3.73. The van der Waals surface area contributed by atoms with Crippen LogP contribution in [0.5, 0.6) is 0 Å². The Morgan fingerprint density at radius 3 is 2.73 bits per heavy atom. The molecule has 0 bridgehead atoms. The molecule has 3 rings (SSSR count). The van der Waals surface area contributed by atoms with Crippen LogP contribution >= 0.6 is 11.6 Å². The van der Waals surface area contributed by atoms with E-state index >= 15 is 0 Å². The zero-order valence-corrected chi connectivity index (χ0v) is 20.5. The maximum absolute atomic E-state index is 13.3. The molecule has 178 valence electrons. The molecule has 0 unspecified atom stereocenters. The first-order valence-electron chi connectivity index (χ1n) is 10.4. The van der Waals surface area contributed by atoms with Crippen LogP contribution in [0.25, 0.3) is 5.65 Å². The van der Waals surface area contributed by atoms with Gasteiger partial charge in [-0.2, -0.15) is 5.10 Å². The molecule has 3 aromatic rings. The minimum Gasteiger partial charge on any atom is -0.370 e. The van der Waals surface area contributed by atoms with Gasteiger partial charge in [-0.25, -0.2) is 17.9 Å². The minimum absolute atomic E-state index is 0.145. The van der Waals surface area contributed by atoms with Gasteiger partial charge in [0.15, 0.2) is 5.65 Å². The minimum atomic E-state index is -3.58. The number of sulfonamides is 1. The Bertz CT molecular complexity index is 1280. The molecule has 0 aliphatic rings. The van der Waals surface area contributed by atoms with Crippen LogP contribution < -0.4 is 15.8 Å². The van der Waals surface area contributed by atoms with E-state index in [0.29, 0.717) is 22.9 Å². The second kappa shape index (κ2) is 9.94. The number of fused-ring (bicyclic) bond motifs is 1. The topological polar surface area (TPSA) is 135 Å². The third kappa shape index (κ3) is 5.92.